The van der Waals surface area contributed by atoms with E-state index in [0.29, 0.717) is 13.0 Å². The zero-order valence-corrected chi connectivity index (χ0v) is 18.2. The summed E-state index contributed by atoms with van der Waals surface area (Å²) in [4.78, 5) is 15.1. The van der Waals surface area contributed by atoms with Gasteiger partial charge in [0.1, 0.15) is 5.58 Å². The number of amides is 1. The van der Waals surface area contributed by atoms with Gasteiger partial charge in [-0.15, -0.1) is 0 Å². The molecule has 1 amide bonds. The molecule has 0 spiro atoms. The highest BCUT2D eigenvalue weighted by molar-refractivity contribution is 7.91. The molecule has 0 saturated carbocycles. The third kappa shape index (κ3) is 4.43. The normalized spacial score (nSPS) is 18.0. The van der Waals surface area contributed by atoms with E-state index in [1.54, 1.807) is 11.2 Å². The van der Waals surface area contributed by atoms with Gasteiger partial charge >= 0.3 is 0 Å². The minimum Gasteiger partial charge on any atom is -0.464 e. The monoisotopic (exact) mass is 425 g/mol. The van der Waals surface area contributed by atoms with Crippen LogP contribution in [0.2, 0.25) is 0 Å². The molecule has 6 heteroatoms. The standard InChI is InChI=1S/C24H27NO4S/c1-3-18-5-7-19(8-6-18)14-25(21-10-11-30(27,28)16-21)24(26)13-20-15-29-23-9-4-17(2)12-22(20)23/h4-9,12,15,21H,3,10-11,13-14,16H2,1-2H3/t21-/m1/s1. The number of hydrogen-bond donors (Lipinski definition) is 0. The van der Waals surface area contributed by atoms with Gasteiger partial charge in [0.25, 0.3) is 0 Å². The van der Waals surface area contributed by atoms with Gasteiger partial charge in [0.05, 0.1) is 24.2 Å². The Hall–Kier alpha value is -2.60. The van der Waals surface area contributed by atoms with Crippen LogP contribution in [-0.2, 0) is 34.0 Å². The van der Waals surface area contributed by atoms with E-state index in [4.69, 9.17) is 4.42 Å². The molecule has 1 aliphatic heterocycles. The lowest BCUT2D eigenvalue weighted by Crippen LogP contribution is -2.41. The first-order valence-electron chi connectivity index (χ1n) is 10.4. The zero-order valence-electron chi connectivity index (χ0n) is 17.4. The molecule has 2 aromatic carbocycles. The molecule has 30 heavy (non-hydrogen) atoms. The van der Waals surface area contributed by atoms with Gasteiger partial charge in [-0.3, -0.25) is 4.79 Å². The molecular weight excluding hydrogens is 398 g/mol. The van der Waals surface area contributed by atoms with Crippen molar-refractivity contribution in [1.82, 2.24) is 4.90 Å². The molecule has 1 aromatic heterocycles. The van der Waals surface area contributed by atoms with Crippen LogP contribution in [0.15, 0.2) is 53.1 Å². The molecule has 0 N–H and O–H groups in total. The molecule has 1 fully saturated rings. The van der Waals surface area contributed by atoms with Crippen molar-refractivity contribution in [1.29, 1.82) is 0 Å². The number of carbonyl (C=O) groups excluding carboxylic acids is 1. The largest absolute Gasteiger partial charge is 0.464 e. The molecule has 4 rings (SSSR count). The number of benzene rings is 2. The Morgan fingerprint density at radius 2 is 1.87 bits per heavy atom. The summed E-state index contributed by atoms with van der Waals surface area (Å²) in [5.74, 6) is 0.113. The number of nitrogens with zero attached hydrogens (tertiary/aromatic N) is 1. The molecule has 1 saturated heterocycles. The number of sulfone groups is 1. The summed E-state index contributed by atoms with van der Waals surface area (Å²) in [6.45, 7) is 4.52. The number of hydrogen-bond acceptors (Lipinski definition) is 4. The Bertz CT molecular complexity index is 1160. The van der Waals surface area contributed by atoms with Crippen molar-refractivity contribution in [3.8, 4) is 0 Å². The number of fused-ring (bicyclic) bond motifs is 1. The molecular formula is C24H27NO4S. The van der Waals surface area contributed by atoms with Crippen LogP contribution < -0.4 is 0 Å². The molecule has 1 aliphatic rings. The summed E-state index contributed by atoms with van der Waals surface area (Å²) >= 11 is 0. The van der Waals surface area contributed by atoms with Crippen molar-refractivity contribution in [2.45, 2.75) is 45.7 Å². The lowest BCUT2D eigenvalue weighted by molar-refractivity contribution is -0.133. The van der Waals surface area contributed by atoms with Crippen molar-refractivity contribution in [2.75, 3.05) is 11.5 Å². The second-order valence-corrected chi connectivity index (χ2v) is 10.4. The Labute approximate surface area is 177 Å². The highest BCUT2D eigenvalue weighted by Crippen LogP contribution is 2.26. The number of furan rings is 1. The first-order chi connectivity index (χ1) is 14.3. The molecule has 2 heterocycles. The summed E-state index contributed by atoms with van der Waals surface area (Å²) in [5.41, 5.74) is 4.95. The molecule has 5 nitrogen and oxygen atoms in total. The fraction of sp³-hybridized carbons (Fsp3) is 0.375. The summed E-state index contributed by atoms with van der Waals surface area (Å²) < 4.78 is 29.8. The summed E-state index contributed by atoms with van der Waals surface area (Å²) in [6, 6.07) is 13.8. The van der Waals surface area contributed by atoms with Crippen molar-refractivity contribution in [2.24, 2.45) is 0 Å². The summed E-state index contributed by atoms with van der Waals surface area (Å²) in [5, 5.41) is 0.939. The zero-order chi connectivity index (χ0) is 21.3. The summed E-state index contributed by atoms with van der Waals surface area (Å²) in [6.07, 6.45) is 3.28. The van der Waals surface area contributed by atoms with Gasteiger partial charge in [0, 0.05) is 23.5 Å². The van der Waals surface area contributed by atoms with Crippen LogP contribution in [0.4, 0.5) is 0 Å². The molecule has 158 valence electrons. The van der Waals surface area contributed by atoms with E-state index >= 15 is 0 Å². The quantitative estimate of drug-likeness (QED) is 0.597. The number of carbonyl (C=O) groups is 1. The average molecular weight is 426 g/mol. The molecule has 0 radical (unpaired) electrons. The average Bonchev–Trinajstić information content (AvgIpc) is 3.29. The van der Waals surface area contributed by atoms with Crippen LogP contribution in [0.5, 0.6) is 0 Å². The molecule has 0 aliphatic carbocycles. The highest BCUT2D eigenvalue weighted by Gasteiger charge is 2.34. The Morgan fingerprint density at radius 3 is 2.53 bits per heavy atom. The third-order valence-electron chi connectivity index (χ3n) is 5.90. The van der Waals surface area contributed by atoms with Crippen LogP contribution in [0.3, 0.4) is 0 Å². The maximum absolute atomic E-state index is 13.4. The molecule has 0 unspecified atom stereocenters. The van der Waals surface area contributed by atoms with E-state index < -0.39 is 9.84 Å². The Kier molecular flexibility index (Phi) is 5.69. The fourth-order valence-electron chi connectivity index (χ4n) is 4.12. The van der Waals surface area contributed by atoms with Crippen LogP contribution in [0.25, 0.3) is 11.0 Å². The van der Waals surface area contributed by atoms with E-state index in [1.165, 1.54) is 5.56 Å². The number of aryl methyl sites for hydroxylation is 2. The number of rotatable bonds is 6. The predicted molar refractivity (Wildman–Crippen MR) is 118 cm³/mol. The van der Waals surface area contributed by atoms with Crippen LogP contribution >= 0.6 is 0 Å². The smallest absolute Gasteiger partial charge is 0.227 e. The van der Waals surface area contributed by atoms with E-state index in [0.717, 1.165) is 34.1 Å². The van der Waals surface area contributed by atoms with Crippen LogP contribution in [-0.4, -0.2) is 36.8 Å². The van der Waals surface area contributed by atoms with Crippen molar-refractivity contribution < 1.29 is 17.6 Å². The topological polar surface area (TPSA) is 67.6 Å². The van der Waals surface area contributed by atoms with Crippen molar-refractivity contribution >= 4 is 26.7 Å². The van der Waals surface area contributed by atoms with Crippen molar-refractivity contribution in [3.63, 3.8) is 0 Å². The van der Waals surface area contributed by atoms with Gasteiger partial charge in [-0.05, 0) is 43.0 Å². The van der Waals surface area contributed by atoms with E-state index in [9.17, 15) is 13.2 Å². The Balaban J connectivity index is 1.60. The molecule has 1 atom stereocenters. The first-order valence-corrected chi connectivity index (χ1v) is 12.2. The lowest BCUT2D eigenvalue weighted by atomic mass is 10.1. The van der Waals surface area contributed by atoms with Gasteiger partial charge in [-0.2, -0.15) is 0 Å². The maximum atomic E-state index is 13.4. The maximum Gasteiger partial charge on any atom is 0.227 e. The first kappa shape index (κ1) is 20.7. The van der Waals surface area contributed by atoms with E-state index in [-0.39, 0.29) is 29.9 Å². The fourth-order valence-corrected chi connectivity index (χ4v) is 5.85. The second kappa shape index (κ2) is 8.26. The lowest BCUT2D eigenvalue weighted by Gasteiger charge is -2.28. The van der Waals surface area contributed by atoms with Gasteiger partial charge in [0.15, 0.2) is 9.84 Å². The highest BCUT2D eigenvalue weighted by atomic mass is 32.2. The van der Waals surface area contributed by atoms with Gasteiger partial charge in [-0.25, -0.2) is 8.42 Å². The SMILES string of the molecule is CCc1ccc(CN(C(=O)Cc2coc3ccc(C)cc23)[C@@H]2CCS(=O)(=O)C2)cc1. The van der Waals surface area contributed by atoms with Gasteiger partial charge < -0.3 is 9.32 Å². The summed E-state index contributed by atoms with van der Waals surface area (Å²) in [7, 11) is -3.09. The molecule has 0 bridgehead atoms. The minimum atomic E-state index is -3.09. The van der Waals surface area contributed by atoms with Gasteiger partial charge in [-0.1, -0.05) is 42.8 Å². The van der Waals surface area contributed by atoms with E-state index in [2.05, 4.69) is 19.1 Å². The van der Waals surface area contributed by atoms with Crippen molar-refractivity contribution in [3.05, 3.63) is 71.0 Å². The van der Waals surface area contributed by atoms with E-state index in [1.807, 2.05) is 37.3 Å². The molecule has 3 aromatic rings. The minimum absolute atomic E-state index is 0.0387. The van der Waals surface area contributed by atoms with Crippen LogP contribution in [0, 0.1) is 6.92 Å². The van der Waals surface area contributed by atoms with Crippen LogP contribution in [0.1, 0.15) is 35.6 Å². The van der Waals surface area contributed by atoms with Gasteiger partial charge in [0.2, 0.25) is 5.91 Å². The predicted octanol–water partition coefficient (Wildman–Crippen LogP) is 4.06. The Morgan fingerprint density at radius 1 is 1.13 bits per heavy atom. The third-order valence-corrected chi connectivity index (χ3v) is 7.65. The second-order valence-electron chi connectivity index (χ2n) is 8.19.